The van der Waals surface area contributed by atoms with Crippen molar-refractivity contribution in [1.82, 2.24) is 9.97 Å². The zero-order valence-electron chi connectivity index (χ0n) is 18.4. The van der Waals surface area contributed by atoms with Crippen LogP contribution in [0.4, 0.5) is 28.7 Å². The Morgan fingerprint density at radius 1 is 0.968 bits per heavy atom. The molecule has 1 aliphatic rings. The number of aryl methyl sites for hydroxylation is 1. The van der Waals surface area contributed by atoms with E-state index in [2.05, 4.69) is 57.1 Å². The Morgan fingerprint density at radius 2 is 1.68 bits per heavy atom. The van der Waals surface area contributed by atoms with Crippen molar-refractivity contribution in [3.63, 3.8) is 0 Å². The molecule has 162 valence electrons. The lowest BCUT2D eigenvalue weighted by Gasteiger charge is -2.38. The second-order valence-electron chi connectivity index (χ2n) is 7.74. The van der Waals surface area contributed by atoms with Gasteiger partial charge in [-0.3, -0.25) is 0 Å². The van der Waals surface area contributed by atoms with E-state index in [1.807, 2.05) is 31.2 Å². The molecule has 7 heteroatoms. The van der Waals surface area contributed by atoms with E-state index in [9.17, 15) is 0 Å². The third-order valence-electron chi connectivity index (χ3n) is 5.79. The summed E-state index contributed by atoms with van der Waals surface area (Å²) < 4.78 is 5.50. The molecular weight excluding hydrogens is 388 g/mol. The predicted octanol–water partition coefficient (Wildman–Crippen LogP) is 4.14. The maximum Gasteiger partial charge on any atom is 0.159 e. The van der Waals surface area contributed by atoms with Crippen LogP contribution in [0.5, 0.6) is 5.75 Å². The number of piperazine rings is 1. The van der Waals surface area contributed by atoms with Crippen molar-refractivity contribution in [3.05, 3.63) is 59.9 Å². The second kappa shape index (κ2) is 9.12. The molecule has 1 aromatic heterocycles. The summed E-state index contributed by atoms with van der Waals surface area (Å²) in [6.07, 6.45) is 1.57. The van der Waals surface area contributed by atoms with E-state index in [1.54, 1.807) is 6.33 Å². The van der Waals surface area contributed by atoms with Gasteiger partial charge in [-0.15, -0.1) is 0 Å². The van der Waals surface area contributed by atoms with Gasteiger partial charge >= 0.3 is 0 Å². The highest BCUT2D eigenvalue weighted by molar-refractivity contribution is 5.78. The number of benzene rings is 2. The molecule has 4 rings (SSSR count). The van der Waals surface area contributed by atoms with Gasteiger partial charge in [0.2, 0.25) is 0 Å². The summed E-state index contributed by atoms with van der Waals surface area (Å²) in [6.45, 7) is 10.5. The van der Waals surface area contributed by atoms with Crippen molar-refractivity contribution in [2.45, 2.75) is 20.8 Å². The lowest BCUT2D eigenvalue weighted by Crippen LogP contribution is -2.47. The van der Waals surface area contributed by atoms with Gasteiger partial charge in [-0.05, 0) is 62.2 Å². The van der Waals surface area contributed by atoms with Gasteiger partial charge in [0.15, 0.2) is 11.6 Å². The van der Waals surface area contributed by atoms with E-state index in [0.29, 0.717) is 18.1 Å². The summed E-state index contributed by atoms with van der Waals surface area (Å²) in [5.41, 5.74) is 11.9. The lowest BCUT2D eigenvalue weighted by molar-refractivity contribution is 0.340. The summed E-state index contributed by atoms with van der Waals surface area (Å²) in [5.74, 6) is 2.24. The number of hydrogen-bond donors (Lipinski definition) is 2. The normalized spacial score (nSPS) is 13.9. The second-order valence-corrected chi connectivity index (χ2v) is 7.74. The van der Waals surface area contributed by atoms with Crippen molar-refractivity contribution >= 4 is 28.7 Å². The highest BCUT2D eigenvalue weighted by atomic mass is 16.5. The molecule has 0 bridgehead atoms. The third-order valence-corrected chi connectivity index (χ3v) is 5.79. The quantitative estimate of drug-likeness (QED) is 0.623. The third kappa shape index (κ3) is 4.50. The Kier molecular flexibility index (Phi) is 6.11. The van der Waals surface area contributed by atoms with Crippen molar-refractivity contribution in [3.8, 4) is 5.75 Å². The van der Waals surface area contributed by atoms with Gasteiger partial charge in [-0.2, -0.15) is 0 Å². The summed E-state index contributed by atoms with van der Waals surface area (Å²) >= 11 is 0. The summed E-state index contributed by atoms with van der Waals surface area (Å²) in [5, 5.41) is 3.30. The largest absolute Gasteiger partial charge is 0.494 e. The van der Waals surface area contributed by atoms with Crippen LogP contribution in [0.3, 0.4) is 0 Å². The van der Waals surface area contributed by atoms with Crippen LogP contribution in [0.25, 0.3) is 0 Å². The molecule has 0 atom stereocenters. The van der Waals surface area contributed by atoms with Crippen LogP contribution >= 0.6 is 0 Å². The van der Waals surface area contributed by atoms with Crippen LogP contribution < -0.4 is 25.6 Å². The lowest BCUT2D eigenvalue weighted by atomic mass is 10.1. The van der Waals surface area contributed by atoms with E-state index < -0.39 is 0 Å². The van der Waals surface area contributed by atoms with E-state index in [0.717, 1.165) is 43.4 Å². The molecule has 3 aromatic rings. The van der Waals surface area contributed by atoms with Crippen molar-refractivity contribution < 1.29 is 4.74 Å². The Bertz CT molecular complexity index is 1030. The summed E-state index contributed by atoms with van der Waals surface area (Å²) in [6, 6.07) is 14.3. The van der Waals surface area contributed by atoms with Gasteiger partial charge in [0.05, 0.1) is 6.61 Å². The summed E-state index contributed by atoms with van der Waals surface area (Å²) in [4.78, 5) is 13.5. The number of nitrogen functional groups attached to an aromatic ring is 1. The predicted molar refractivity (Wildman–Crippen MR) is 128 cm³/mol. The first-order valence-corrected chi connectivity index (χ1v) is 10.7. The molecule has 0 unspecified atom stereocenters. The Morgan fingerprint density at radius 3 is 2.39 bits per heavy atom. The van der Waals surface area contributed by atoms with E-state index in [-0.39, 0.29) is 0 Å². The van der Waals surface area contributed by atoms with Crippen molar-refractivity contribution in [2.75, 3.05) is 53.6 Å². The number of nitrogens with one attached hydrogen (secondary N) is 1. The van der Waals surface area contributed by atoms with Crippen molar-refractivity contribution in [2.24, 2.45) is 0 Å². The maximum atomic E-state index is 6.46. The highest BCUT2D eigenvalue weighted by Gasteiger charge is 2.22. The zero-order chi connectivity index (χ0) is 21.8. The molecule has 0 amide bonds. The SMILES string of the molecule is CCOc1ccc(Nc2ncnc(N3CCN(c4cccc(C)c4C)CC3)c2N)cc1. The van der Waals surface area contributed by atoms with Crippen LogP contribution in [-0.4, -0.2) is 42.8 Å². The fourth-order valence-electron chi connectivity index (χ4n) is 3.91. The fourth-order valence-corrected chi connectivity index (χ4v) is 3.91. The van der Waals surface area contributed by atoms with Gasteiger partial charge in [0.1, 0.15) is 17.8 Å². The number of anilines is 5. The highest BCUT2D eigenvalue weighted by Crippen LogP contribution is 2.31. The number of hydrogen-bond acceptors (Lipinski definition) is 7. The molecule has 2 heterocycles. The van der Waals surface area contributed by atoms with E-state index in [4.69, 9.17) is 10.5 Å². The van der Waals surface area contributed by atoms with Gasteiger partial charge in [0.25, 0.3) is 0 Å². The molecule has 7 nitrogen and oxygen atoms in total. The molecule has 0 aliphatic carbocycles. The monoisotopic (exact) mass is 418 g/mol. The minimum Gasteiger partial charge on any atom is -0.494 e. The first-order chi connectivity index (χ1) is 15.1. The van der Waals surface area contributed by atoms with Gasteiger partial charge in [0, 0.05) is 37.6 Å². The minimum atomic E-state index is 0.566. The zero-order valence-corrected chi connectivity index (χ0v) is 18.4. The fraction of sp³-hybridized carbons (Fsp3) is 0.333. The number of nitrogens with two attached hydrogens (primary N) is 1. The maximum absolute atomic E-state index is 6.46. The molecule has 0 radical (unpaired) electrons. The molecule has 1 aliphatic heterocycles. The molecule has 0 saturated carbocycles. The number of aromatic nitrogens is 2. The van der Waals surface area contributed by atoms with Gasteiger partial charge in [-0.25, -0.2) is 9.97 Å². The minimum absolute atomic E-state index is 0.566. The molecule has 31 heavy (non-hydrogen) atoms. The van der Waals surface area contributed by atoms with Crippen molar-refractivity contribution in [1.29, 1.82) is 0 Å². The van der Waals surface area contributed by atoms with Crippen LogP contribution in [0.1, 0.15) is 18.1 Å². The van der Waals surface area contributed by atoms with Gasteiger partial charge in [-0.1, -0.05) is 12.1 Å². The van der Waals surface area contributed by atoms with Crippen LogP contribution in [0.2, 0.25) is 0 Å². The first-order valence-electron chi connectivity index (χ1n) is 10.7. The smallest absolute Gasteiger partial charge is 0.159 e. The van der Waals surface area contributed by atoms with E-state index >= 15 is 0 Å². The molecule has 1 saturated heterocycles. The molecule has 2 aromatic carbocycles. The Balaban J connectivity index is 1.45. The number of nitrogens with zero attached hydrogens (tertiary/aromatic N) is 4. The van der Waals surface area contributed by atoms with Crippen LogP contribution in [-0.2, 0) is 0 Å². The standard InChI is InChI=1S/C24H30N6O/c1-4-31-20-10-8-19(9-11-20)28-23-22(25)24(27-16-26-23)30-14-12-29(13-15-30)21-7-5-6-17(2)18(21)3/h5-11,16H,4,12-15,25H2,1-3H3,(H,26,27,28). The van der Waals surface area contributed by atoms with Gasteiger partial charge < -0.3 is 25.6 Å². The Labute approximate surface area is 183 Å². The average Bonchev–Trinajstić information content (AvgIpc) is 2.79. The van der Waals surface area contributed by atoms with Crippen LogP contribution in [0, 0.1) is 13.8 Å². The first kappa shape index (κ1) is 20.8. The Hall–Kier alpha value is -3.48. The molecular formula is C24H30N6O. The average molecular weight is 419 g/mol. The number of rotatable bonds is 6. The molecule has 1 fully saturated rings. The topological polar surface area (TPSA) is 79.5 Å². The summed E-state index contributed by atoms with van der Waals surface area (Å²) in [7, 11) is 0. The van der Waals surface area contributed by atoms with Crippen LogP contribution in [0.15, 0.2) is 48.8 Å². The molecule has 3 N–H and O–H groups in total. The number of ether oxygens (including phenoxy) is 1. The molecule has 0 spiro atoms. The van der Waals surface area contributed by atoms with E-state index in [1.165, 1.54) is 16.8 Å².